The van der Waals surface area contributed by atoms with Gasteiger partial charge in [0.1, 0.15) is 12.4 Å². The highest BCUT2D eigenvalue weighted by molar-refractivity contribution is 5.95. The number of alkyl halides is 3. The molecule has 0 saturated heterocycles. The molecule has 200 valence electrons. The van der Waals surface area contributed by atoms with E-state index in [1.165, 1.54) is 29.7 Å². The normalized spacial score (nSPS) is 14.3. The lowest BCUT2D eigenvalue weighted by atomic mass is 9.73. The van der Waals surface area contributed by atoms with Crippen LogP contribution in [-0.4, -0.2) is 44.8 Å². The summed E-state index contributed by atoms with van der Waals surface area (Å²) in [6, 6.07) is 15.0. The van der Waals surface area contributed by atoms with E-state index in [2.05, 4.69) is 9.82 Å². The number of ether oxygens (including phenoxy) is 1. The van der Waals surface area contributed by atoms with Crippen LogP contribution in [0.2, 0.25) is 0 Å². The van der Waals surface area contributed by atoms with Crippen molar-refractivity contribution in [3.8, 4) is 5.75 Å². The summed E-state index contributed by atoms with van der Waals surface area (Å²) in [6.07, 6.45) is -5.26. The molecule has 1 fully saturated rings. The highest BCUT2D eigenvalue weighted by atomic mass is 19.4. The maximum atomic E-state index is 13.2. The van der Waals surface area contributed by atoms with Gasteiger partial charge in [0.2, 0.25) is 5.91 Å². The van der Waals surface area contributed by atoms with Crippen molar-refractivity contribution in [3.05, 3.63) is 71.4 Å². The maximum Gasteiger partial charge on any atom is 0.493 e. The smallest absolute Gasteiger partial charge is 0.489 e. The van der Waals surface area contributed by atoms with Gasteiger partial charge in [-0.25, -0.2) is 10.3 Å². The first kappa shape index (κ1) is 26.9. The van der Waals surface area contributed by atoms with Crippen molar-refractivity contribution in [3.63, 3.8) is 0 Å². The molecular formula is C26H24F3N3O6. The van der Waals surface area contributed by atoms with Gasteiger partial charge in [0.05, 0.1) is 17.5 Å². The summed E-state index contributed by atoms with van der Waals surface area (Å²) in [6.45, 7) is 2.07. The minimum atomic E-state index is -5.37. The molecule has 1 heterocycles. The molecule has 1 aliphatic carbocycles. The zero-order chi connectivity index (χ0) is 27.5. The molecule has 0 radical (unpaired) electrons. The number of fused-ring (bicyclic) bond motifs is 1. The van der Waals surface area contributed by atoms with Crippen molar-refractivity contribution in [2.45, 2.75) is 50.9 Å². The molecule has 0 unspecified atom stereocenters. The lowest BCUT2D eigenvalue weighted by Crippen LogP contribution is -2.59. The van der Waals surface area contributed by atoms with Crippen molar-refractivity contribution >= 4 is 28.7 Å². The summed E-state index contributed by atoms with van der Waals surface area (Å²) in [5.41, 5.74) is 2.31. The molecule has 1 aromatic heterocycles. The van der Waals surface area contributed by atoms with Crippen molar-refractivity contribution in [2.75, 3.05) is 0 Å². The molecule has 0 atom stereocenters. The number of nitrogens with one attached hydrogen (secondary N) is 1. The quantitative estimate of drug-likeness (QED) is 0.343. The molecule has 0 spiro atoms. The molecule has 1 saturated carbocycles. The third kappa shape index (κ3) is 5.70. The molecule has 4 rings (SSSR count). The molecule has 0 aliphatic heterocycles. The largest absolute Gasteiger partial charge is 0.493 e. The Hall–Kier alpha value is -4.19. The van der Waals surface area contributed by atoms with Crippen LogP contribution in [0.25, 0.3) is 10.9 Å². The third-order valence-electron chi connectivity index (χ3n) is 6.35. The number of carbonyl (C=O) groups is 3. The number of para-hydroxylation sites is 1. The fourth-order valence-corrected chi connectivity index (χ4v) is 4.35. The Morgan fingerprint density at radius 1 is 1.11 bits per heavy atom. The Balaban J connectivity index is 1.54. The number of nitrogens with zero attached hydrogens (tertiary/aromatic N) is 2. The molecule has 1 aliphatic rings. The molecule has 9 nitrogen and oxygen atoms in total. The highest BCUT2D eigenvalue weighted by Gasteiger charge is 2.52. The van der Waals surface area contributed by atoms with Crippen LogP contribution in [-0.2, 0) is 21.0 Å². The second kappa shape index (κ2) is 10.7. The predicted molar refractivity (Wildman–Crippen MR) is 127 cm³/mol. The minimum Gasteiger partial charge on any atom is -0.489 e. The topological polar surface area (TPSA) is 118 Å². The lowest BCUT2D eigenvalue weighted by molar-refractivity contribution is -0.251. The van der Waals surface area contributed by atoms with Crippen molar-refractivity contribution < 1.29 is 42.3 Å². The Morgan fingerprint density at radius 2 is 1.79 bits per heavy atom. The van der Waals surface area contributed by atoms with Crippen molar-refractivity contribution in [2.24, 2.45) is 0 Å². The minimum absolute atomic E-state index is 0.0896. The van der Waals surface area contributed by atoms with Gasteiger partial charge in [-0.1, -0.05) is 18.2 Å². The van der Waals surface area contributed by atoms with E-state index in [1.807, 2.05) is 37.3 Å². The number of hydrogen-bond donors (Lipinski definition) is 2. The number of hydrogen-bond acceptors (Lipinski definition) is 7. The van der Waals surface area contributed by atoms with Gasteiger partial charge in [0.15, 0.2) is 0 Å². The zero-order valence-corrected chi connectivity index (χ0v) is 20.2. The van der Waals surface area contributed by atoms with Gasteiger partial charge in [0, 0.05) is 22.2 Å². The molecule has 2 amide bonds. The number of rotatable bonds is 7. The van der Waals surface area contributed by atoms with Gasteiger partial charge in [-0.2, -0.15) is 18.2 Å². The van der Waals surface area contributed by atoms with E-state index in [-0.39, 0.29) is 25.0 Å². The fourth-order valence-electron chi connectivity index (χ4n) is 4.35. The van der Waals surface area contributed by atoms with Gasteiger partial charge in [-0.05, 0) is 62.6 Å². The monoisotopic (exact) mass is 531 g/mol. The number of aromatic nitrogens is 1. The van der Waals surface area contributed by atoms with Crippen LogP contribution >= 0.6 is 0 Å². The van der Waals surface area contributed by atoms with Gasteiger partial charge >= 0.3 is 12.1 Å². The summed E-state index contributed by atoms with van der Waals surface area (Å²) < 4.78 is 44.7. The van der Waals surface area contributed by atoms with Crippen LogP contribution in [0.3, 0.4) is 0 Å². The first-order chi connectivity index (χ1) is 18.0. The zero-order valence-electron chi connectivity index (χ0n) is 20.2. The van der Waals surface area contributed by atoms with E-state index in [0.717, 1.165) is 22.2 Å². The summed E-state index contributed by atoms with van der Waals surface area (Å²) >= 11 is 0. The maximum absolute atomic E-state index is 13.2. The SMILES string of the molecule is Cc1cc(COc2ccc(C(=O)N(OC(=O)C(F)(F)F)C3(CC(=O)NO)CCC3)cc2)c2ccccc2n1. The van der Waals surface area contributed by atoms with E-state index in [1.54, 1.807) is 0 Å². The molecule has 3 aromatic rings. The van der Waals surface area contributed by atoms with E-state index in [9.17, 15) is 27.6 Å². The Labute approximate surface area is 215 Å². The summed E-state index contributed by atoms with van der Waals surface area (Å²) in [5.74, 6) is -4.19. The van der Waals surface area contributed by atoms with Crippen LogP contribution in [0.5, 0.6) is 5.75 Å². The fraction of sp³-hybridized carbons (Fsp3) is 0.308. The summed E-state index contributed by atoms with van der Waals surface area (Å²) in [4.78, 5) is 45.7. The molecule has 12 heteroatoms. The second-order valence-electron chi connectivity index (χ2n) is 9.02. The third-order valence-corrected chi connectivity index (χ3v) is 6.35. The van der Waals surface area contributed by atoms with Crippen LogP contribution in [0.4, 0.5) is 13.2 Å². The first-order valence-corrected chi connectivity index (χ1v) is 11.7. The number of benzene rings is 2. The van der Waals surface area contributed by atoms with E-state index in [0.29, 0.717) is 17.2 Å². The molecule has 38 heavy (non-hydrogen) atoms. The predicted octanol–water partition coefficient (Wildman–Crippen LogP) is 4.40. The Bertz CT molecular complexity index is 1360. The van der Waals surface area contributed by atoms with Gasteiger partial charge < -0.3 is 9.57 Å². The molecule has 2 N–H and O–H groups in total. The number of halogens is 3. The number of carbonyl (C=O) groups excluding carboxylic acids is 3. The van der Waals surface area contributed by atoms with E-state index >= 15 is 0 Å². The number of aryl methyl sites for hydroxylation is 1. The summed E-state index contributed by atoms with van der Waals surface area (Å²) in [5, 5.41) is 10.1. The first-order valence-electron chi connectivity index (χ1n) is 11.7. The van der Waals surface area contributed by atoms with Crippen LogP contribution < -0.4 is 10.2 Å². The van der Waals surface area contributed by atoms with Crippen molar-refractivity contribution in [1.29, 1.82) is 0 Å². The number of hydroxylamine groups is 3. The van der Waals surface area contributed by atoms with Gasteiger partial charge in [0.25, 0.3) is 5.91 Å². The molecular weight excluding hydrogens is 507 g/mol. The average Bonchev–Trinajstić information content (AvgIpc) is 2.87. The van der Waals surface area contributed by atoms with E-state index in [4.69, 9.17) is 9.94 Å². The molecule has 0 bridgehead atoms. The average molecular weight is 531 g/mol. The summed E-state index contributed by atoms with van der Waals surface area (Å²) in [7, 11) is 0. The van der Waals surface area contributed by atoms with Crippen LogP contribution in [0.1, 0.15) is 47.3 Å². The Kier molecular flexibility index (Phi) is 7.53. The Morgan fingerprint density at radius 3 is 2.39 bits per heavy atom. The van der Waals surface area contributed by atoms with Gasteiger partial charge in [-0.3, -0.25) is 19.8 Å². The second-order valence-corrected chi connectivity index (χ2v) is 9.02. The standard InChI is InChI=1S/C26H24F3N3O6/c1-16-13-18(20-5-2-3-6-21(20)30-16)15-37-19-9-7-17(8-10-19)23(34)32(38-24(35)26(27,28)29)25(11-4-12-25)14-22(33)31-36/h2-3,5-10,13,36H,4,11-12,14-15H2,1H3,(H,31,33). The molecule has 2 aromatic carbocycles. The number of pyridine rings is 1. The van der Waals surface area contributed by atoms with Crippen molar-refractivity contribution in [1.82, 2.24) is 15.5 Å². The van der Waals surface area contributed by atoms with E-state index < -0.39 is 35.9 Å². The highest BCUT2D eigenvalue weighted by Crippen LogP contribution is 2.42. The van der Waals surface area contributed by atoms with Crippen LogP contribution in [0, 0.1) is 6.92 Å². The van der Waals surface area contributed by atoms with Gasteiger partial charge in [-0.15, -0.1) is 0 Å². The van der Waals surface area contributed by atoms with Crippen LogP contribution in [0.15, 0.2) is 54.6 Å². The lowest BCUT2D eigenvalue weighted by Gasteiger charge is -2.47. The number of amides is 2.